The number of hydrogen-bond acceptors (Lipinski definition) is 6. The number of aromatic nitrogens is 2. The van der Waals surface area contributed by atoms with Gasteiger partial charge in [0, 0.05) is 17.1 Å². The summed E-state index contributed by atoms with van der Waals surface area (Å²) in [4.78, 5) is 28.2. The van der Waals surface area contributed by atoms with Gasteiger partial charge in [-0.3, -0.25) is 14.5 Å². The van der Waals surface area contributed by atoms with Crippen LogP contribution in [0, 0.1) is 12.7 Å². The topological polar surface area (TPSA) is 88.3 Å². The number of anilines is 1. The molecule has 0 saturated heterocycles. The SMILES string of the molecule is Cc1ccc(C(C(=O)NC2CCCCC2)N(C(=O)c2csnn2)c2cccc(F)c2)o1. The van der Waals surface area contributed by atoms with Gasteiger partial charge in [-0.25, -0.2) is 4.39 Å². The van der Waals surface area contributed by atoms with E-state index >= 15 is 0 Å². The number of rotatable bonds is 6. The second kappa shape index (κ2) is 9.38. The number of carbonyl (C=O) groups is 2. The lowest BCUT2D eigenvalue weighted by atomic mass is 9.95. The van der Waals surface area contributed by atoms with Gasteiger partial charge in [0.2, 0.25) is 0 Å². The molecule has 3 aromatic rings. The van der Waals surface area contributed by atoms with Crippen molar-refractivity contribution in [1.29, 1.82) is 0 Å². The van der Waals surface area contributed by atoms with E-state index < -0.39 is 17.8 Å². The number of hydrogen-bond donors (Lipinski definition) is 1. The molecular weight excluding hydrogens is 419 g/mol. The van der Waals surface area contributed by atoms with Gasteiger partial charge < -0.3 is 9.73 Å². The number of carbonyl (C=O) groups excluding carboxylic acids is 2. The average molecular weight is 443 g/mol. The van der Waals surface area contributed by atoms with E-state index in [9.17, 15) is 14.0 Å². The van der Waals surface area contributed by atoms with Crippen molar-refractivity contribution < 1.29 is 18.4 Å². The average Bonchev–Trinajstić information content (AvgIpc) is 3.44. The summed E-state index contributed by atoms with van der Waals surface area (Å²) in [6, 6.07) is 7.88. The summed E-state index contributed by atoms with van der Waals surface area (Å²) in [7, 11) is 0. The number of aryl methyl sites for hydroxylation is 1. The first kappa shape index (κ1) is 21.2. The molecule has 2 amide bonds. The van der Waals surface area contributed by atoms with Crippen molar-refractivity contribution in [2.75, 3.05) is 4.90 Å². The van der Waals surface area contributed by atoms with Gasteiger partial charge in [0.1, 0.15) is 17.3 Å². The molecule has 1 aliphatic carbocycles. The Balaban J connectivity index is 1.77. The highest BCUT2D eigenvalue weighted by molar-refractivity contribution is 7.03. The minimum Gasteiger partial charge on any atom is -0.464 e. The first-order valence-electron chi connectivity index (χ1n) is 10.3. The highest BCUT2D eigenvalue weighted by atomic mass is 32.1. The molecule has 1 saturated carbocycles. The predicted molar refractivity (Wildman–Crippen MR) is 114 cm³/mol. The fourth-order valence-electron chi connectivity index (χ4n) is 3.89. The predicted octanol–water partition coefficient (Wildman–Crippen LogP) is 4.42. The van der Waals surface area contributed by atoms with E-state index in [1.807, 2.05) is 0 Å². The van der Waals surface area contributed by atoms with Gasteiger partial charge in [-0.2, -0.15) is 0 Å². The molecular formula is C22H23FN4O3S. The van der Waals surface area contributed by atoms with Crippen molar-refractivity contribution in [2.24, 2.45) is 0 Å². The van der Waals surface area contributed by atoms with E-state index in [-0.39, 0.29) is 23.3 Å². The zero-order valence-electron chi connectivity index (χ0n) is 17.1. The number of nitrogens with zero attached hydrogens (tertiary/aromatic N) is 3. The van der Waals surface area contributed by atoms with Crippen molar-refractivity contribution in [1.82, 2.24) is 14.9 Å². The van der Waals surface area contributed by atoms with Crippen LogP contribution >= 0.6 is 11.5 Å². The van der Waals surface area contributed by atoms with Crippen LogP contribution in [0.4, 0.5) is 10.1 Å². The Labute approximate surface area is 183 Å². The Morgan fingerprint density at radius 3 is 2.68 bits per heavy atom. The van der Waals surface area contributed by atoms with Crippen molar-refractivity contribution in [3.05, 3.63) is 64.8 Å². The van der Waals surface area contributed by atoms with E-state index in [1.54, 1.807) is 25.1 Å². The van der Waals surface area contributed by atoms with Gasteiger partial charge in [0.15, 0.2) is 11.7 Å². The van der Waals surface area contributed by atoms with Gasteiger partial charge in [-0.1, -0.05) is 29.8 Å². The van der Waals surface area contributed by atoms with Crippen LogP contribution in [-0.2, 0) is 4.79 Å². The van der Waals surface area contributed by atoms with Crippen LogP contribution in [0.5, 0.6) is 0 Å². The zero-order chi connectivity index (χ0) is 21.8. The molecule has 0 radical (unpaired) electrons. The van der Waals surface area contributed by atoms with E-state index in [0.29, 0.717) is 11.5 Å². The van der Waals surface area contributed by atoms with E-state index in [0.717, 1.165) is 43.6 Å². The molecule has 31 heavy (non-hydrogen) atoms. The lowest BCUT2D eigenvalue weighted by molar-refractivity contribution is -0.123. The number of benzene rings is 1. The maximum Gasteiger partial charge on any atom is 0.280 e. The monoisotopic (exact) mass is 442 g/mol. The van der Waals surface area contributed by atoms with Gasteiger partial charge in [0.05, 0.1) is 0 Å². The van der Waals surface area contributed by atoms with Crippen molar-refractivity contribution >= 4 is 29.0 Å². The van der Waals surface area contributed by atoms with E-state index in [4.69, 9.17) is 4.42 Å². The van der Waals surface area contributed by atoms with Crippen LogP contribution in [0.2, 0.25) is 0 Å². The molecule has 162 valence electrons. The summed E-state index contributed by atoms with van der Waals surface area (Å²) < 4.78 is 23.6. The maximum atomic E-state index is 14.1. The Morgan fingerprint density at radius 2 is 2.03 bits per heavy atom. The fourth-order valence-corrected chi connectivity index (χ4v) is 4.32. The summed E-state index contributed by atoms with van der Waals surface area (Å²) in [5.41, 5.74) is 0.309. The highest BCUT2D eigenvalue weighted by Gasteiger charge is 2.37. The minimum absolute atomic E-state index is 0.0326. The lowest BCUT2D eigenvalue weighted by Crippen LogP contribution is -2.47. The third-order valence-electron chi connectivity index (χ3n) is 5.37. The highest BCUT2D eigenvalue weighted by Crippen LogP contribution is 2.32. The van der Waals surface area contributed by atoms with Gasteiger partial charge in [0.25, 0.3) is 11.8 Å². The van der Waals surface area contributed by atoms with E-state index in [2.05, 4.69) is 14.9 Å². The zero-order valence-corrected chi connectivity index (χ0v) is 17.9. The standard InChI is InChI=1S/C22H23FN4O3S/c1-14-10-11-19(30-14)20(21(28)24-16-7-3-2-4-8-16)27(17-9-5-6-15(23)12-17)22(29)18-13-31-26-25-18/h5-6,9-13,16,20H,2-4,7-8H2,1H3,(H,24,28). The van der Waals surface area contributed by atoms with E-state index in [1.165, 1.54) is 28.5 Å². The molecule has 7 nitrogen and oxygen atoms in total. The third kappa shape index (κ3) is 4.82. The molecule has 1 fully saturated rings. The second-order valence-electron chi connectivity index (χ2n) is 7.64. The summed E-state index contributed by atoms with van der Waals surface area (Å²) in [5, 5.41) is 8.43. The number of halogens is 1. The Bertz CT molecular complexity index is 1050. The molecule has 9 heteroatoms. The second-order valence-corrected chi connectivity index (χ2v) is 8.25. The molecule has 0 spiro atoms. The summed E-state index contributed by atoms with van der Waals surface area (Å²) in [6.45, 7) is 1.76. The molecule has 0 bridgehead atoms. The first-order chi connectivity index (χ1) is 15.0. The lowest BCUT2D eigenvalue weighted by Gasteiger charge is -2.31. The molecule has 1 unspecified atom stereocenters. The van der Waals surface area contributed by atoms with Crippen LogP contribution in [0.25, 0.3) is 0 Å². The molecule has 1 atom stereocenters. The Morgan fingerprint density at radius 1 is 1.23 bits per heavy atom. The molecule has 1 aliphatic rings. The minimum atomic E-state index is -1.12. The van der Waals surface area contributed by atoms with Crippen LogP contribution in [0.15, 0.2) is 46.2 Å². The van der Waals surface area contributed by atoms with Gasteiger partial charge in [-0.05, 0) is 61.6 Å². The summed E-state index contributed by atoms with van der Waals surface area (Å²) in [6.07, 6.45) is 5.02. The fraction of sp³-hybridized carbons (Fsp3) is 0.364. The third-order valence-corrected chi connectivity index (χ3v) is 5.88. The Kier molecular flexibility index (Phi) is 6.41. The van der Waals surface area contributed by atoms with Crippen molar-refractivity contribution in [2.45, 2.75) is 51.1 Å². The van der Waals surface area contributed by atoms with Crippen LogP contribution in [0.1, 0.15) is 60.2 Å². The molecule has 1 aromatic carbocycles. The summed E-state index contributed by atoms with van der Waals surface area (Å²) >= 11 is 1.03. The number of nitrogens with one attached hydrogen (secondary N) is 1. The van der Waals surface area contributed by atoms with Crippen LogP contribution < -0.4 is 10.2 Å². The van der Waals surface area contributed by atoms with Crippen LogP contribution in [-0.4, -0.2) is 27.4 Å². The maximum absolute atomic E-state index is 14.1. The Hall–Kier alpha value is -3.07. The van der Waals surface area contributed by atoms with Crippen molar-refractivity contribution in [3.63, 3.8) is 0 Å². The van der Waals surface area contributed by atoms with Gasteiger partial charge >= 0.3 is 0 Å². The molecule has 2 aromatic heterocycles. The first-order valence-corrected chi connectivity index (χ1v) is 11.1. The molecule has 1 N–H and O–H groups in total. The van der Waals surface area contributed by atoms with Crippen molar-refractivity contribution in [3.8, 4) is 0 Å². The quantitative estimate of drug-likeness (QED) is 0.611. The molecule has 0 aliphatic heterocycles. The van der Waals surface area contributed by atoms with Gasteiger partial charge in [-0.15, -0.1) is 5.10 Å². The number of amides is 2. The normalized spacial score (nSPS) is 15.4. The number of furan rings is 1. The molecule has 2 heterocycles. The molecule has 4 rings (SSSR count). The summed E-state index contributed by atoms with van der Waals surface area (Å²) in [5.74, 6) is -0.549. The largest absolute Gasteiger partial charge is 0.464 e. The van der Waals surface area contributed by atoms with Crippen LogP contribution in [0.3, 0.4) is 0 Å². The smallest absolute Gasteiger partial charge is 0.280 e.